The number of nitrogens with one attached hydrogen (secondary N) is 1. The summed E-state index contributed by atoms with van der Waals surface area (Å²) in [4.78, 5) is 22.0. The molecule has 1 saturated heterocycles. The van der Waals surface area contributed by atoms with Gasteiger partial charge in [0.1, 0.15) is 12.4 Å². The van der Waals surface area contributed by atoms with Gasteiger partial charge in [0.05, 0.1) is 17.6 Å². The molecule has 1 fully saturated rings. The molecular weight excluding hydrogens is 306 g/mol. The molecule has 1 amide bonds. The number of H-pyrrole nitrogens is 1. The summed E-state index contributed by atoms with van der Waals surface area (Å²) in [6.07, 6.45) is 3.84. The first-order chi connectivity index (χ1) is 11.6. The minimum atomic E-state index is -0.162. The molecule has 0 bridgehead atoms. The molecule has 0 aliphatic carbocycles. The van der Waals surface area contributed by atoms with E-state index in [1.807, 2.05) is 4.90 Å². The van der Waals surface area contributed by atoms with Crippen molar-refractivity contribution in [2.24, 2.45) is 5.41 Å². The van der Waals surface area contributed by atoms with E-state index in [0.717, 1.165) is 43.3 Å². The Morgan fingerprint density at radius 2 is 2.25 bits per heavy atom. The number of carbonyl (C=O) groups is 1. The molecule has 0 radical (unpaired) electrons. The summed E-state index contributed by atoms with van der Waals surface area (Å²) >= 11 is 0. The van der Waals surface area contributed by atoms with Crippen LogP contribution in [0, 0.1) is 5.41 Å². The van der Waals surface area contributed by atoms with Crippen LogP contribution >= 0.6 is 0 Å². The maximum atomic E-state index is 12.9. The Kier molecular flexibility index (Phi) is 4.87. The number of hydrogen-bond acceptors (Lipinski definition) is 4. The molecule has 3 N–H and O–H groups in total. The first kappa shape index (κ1) is 16.9. The van der Waals surface area contributed by atoms with Crippen LogP contribution in [0.3, 0.4) is 0 Å². The number of carbonyl (C=O) groups excluding carboxylic acids is 1. The molecule has 130 valence electrons. The monoisotopic (exact) mass is 331 g/mol. The Morgan fingerprint density at radius 3 is 2.96 bits per heavy atom. The van der Waals surface area contributed by atoms with Crippen LogP contribution in [0.4, 0.5) is 0 Å². The topological polar surface area (TPSA) is 89.4 Å². The van der Waals surface area contributed by atoms with Crippen molar-refractivity contribution in [1.29, 1.82) is 0 Å². The summed E-state index contributed by atoms with van der Waals surface area (Å²) in [6, 6.07) is 5.37. The Labute approximate surface area is 141 Å². The van der Waals surface area contributed by atoms with Crippen LogP contribution in [-0.2, 0) is 6.61 Å². The predicted molar refractivity (Wildman–Crippen MR) is 91.6 cm³/mol. The highest BCUT2D eigenvalue weighted by Gasteiger charge is 2.36. The number of aromatic amines is 1. The van der Waals surface area contributed by atoms with Crippen LogP contribution < -0.4 is 0 Å². The van der Waals surface area contributed by atoms with E-state index < -0.39 is 0 Å². The van der Waals surface area contributed by atoms with E-state index >= 15 is 0 Å². The zero-order valence-corrected chi connectivity index (χ0v) is 14.1. The minimum absolute atomic E-state index is 0.00863. The second-order valence-corrected chi connectivity index (χ2v) is 6.81. The molecule has 3 rings (SSSR count). The number of hydrogen-bond donors (Lipinski definition) is 3. The largest absolute Gasteiger partial charge is 0.396 e. The lowest BCUT2D eigenvalue weighted by molar-refractivity contribution is 0.0222. The Balaban J connectivity index is 1.82. The van der Waals surface area contributed by atoms with Crippen LogP contribution in [0.2, 0.25) is 0 Å². The lowest BCUT2D eigenvalue weighted by Gasteiger charge is -2.42. The van der Waals surface area contributed by atoms with Gasteiger partial charge in [0, 0.05) is 24.1 Å². The maximum Gasteiger partial charge on any atom is 0.253 e. The van der Waals surface area contributed by atoms with Gasteiger partial charge in [0.15, 0.2) is 0 Å². The van der Waals surface area contributed by atoms with Gasteiger partial charge in [0.25, 0.3) is 5.91 Å². The van der Waals surface area contributed by atoms with Crippen LogP contribution in [0.5, 0.6) is 0 Å². The quantitative estimate of drug-likeness (QED) is 0.782. The Bertz CT molecular complexity index is 723. The lowest BCUT2D eigenvalue weighted by Crippen LogP contribution is -2.47. The van der Waals surface area contributed by atoms with E-state index in [-0.39, 0.29) is 24.5 Å². The van der Waals surface area contributed by atoms with Crippen molar-refractivity contribution in [3.05, 3.63) is 29.6 Å². The zero-order chi connectivity index (χ0) is 17.2. The third kappa shape index (κ3) is 3.16. The Hall–Kier alpha value is -1.92. The van der Waals surface area contributed by atoms with E-state index in [1.54, 1.807) is 18.2 Å². The Morgan fingerprint density at radius 1 is 1.42 bits per heavy atom. The molecule has 0 spiro atoms. The van der Waals surface area contributed by atoms with E-state index in [1.165, 1.54) is 0 Å². The zero-order valence-electron chi connectivity index (χ0n) is 14.1. The van der Waals surface area contributed by atoms with Crippen molar-refractivity contribution in [3.8, 4) is 0 Å². The summed E-state index contributed by atoms with van der Waals surface area (Å²) in [5, 5.41) is 19.0. The molecule has 2 heterocycles. The predicted octanol–water partition coefficient (Wildman–Crippen LogP) is 2.07. The number of fused-ring (bicyclic) bond motifs is 1. The number of benzene rings is 1. The van der Waals surface area contributed by atoms with Gasteiger partial charge in [-0.15, -0.1) is 0 Å². The molecule has 1 atom stereocenters. The van der Waals surface area contributed by atoms with Gasteiger partial charge >= 0.3 is 0 Å². The van der Waals surface area contributed by atoms with Gasteiger partial charge in [-0.2, -0.15) is 0 Å². The number of likely N-dealkylation sites (tertiary alicyclic amines) is 1. The maximum absolute atomic E-state index is 12.9. The molecule has 1 aromatic heterocycles. The number of aromatic nitrogens is 2. The smallest absolute Gasteiger partial charge is 0.253 e. The van der Waals surface area contributed by atoms with Crippen LogP contribution in [0.1, 0.15) is 48.8 Å². The molecule has 2 aromatic rings. The van der Waals surface area contributed by atoms with Crippen molar-refractivity contribution in [2.45, 2.75) is 39.2 Å². The van der Waals surface area contributed by atoms with Crippen LogP contribution in [-0.4, -0.2) is 50.7 Å². The van der Waals surface area contributed by atoms with E-state index in [2.05, 4.69) is 16.9 Å². The molecule has 1 aromatic carbocycles. The fraction of sp³-hybridized carbons (Fsp3) is 0.556. The average Bonchev–Trinajstić information content (AvgIpc) is 3.04. The van der Waals surface area contributed by atoms with E-state index in [0.29, 0.717) is 17.9 Å². The average molecular weight is 331 g/mol. The number of imidazole rings is 1. The van der Waals surface area contributed by atoms with Crippen LogP contribution in [0.25, 0.3) is 11.0 Å². The molecule has 6 heteroatoms. The highest BCUT2D eigenvalue weighted by atomic mass is 16.3. The van der Waals surface area contributed by atoms with Crippen molar-refractivity contribution >= 4 is 16.9 Å². The highest BCUT2D eigenvalue weighted by Crippen LogP contribution is 2.34. The molecule has 1 aliphatic rings. The third-order valence-corrected chi connectivity index (χ3v) is 4.99. The number of amides is 1. The first-order valence-electron chi connectivity index (χ1n) is 8.60. The molecule has 6 nitrogen and oxygen atoms in total. The van der Waals surface area contributed by atoms with Gasteiger partial charge in [-0.05, 0) is 37.5 Å². The van der Waals surface area contributed by atoms with Crippen molar-refractivity contribution < 1.29 is 15.0 Å². The number of piperidine rings is 1. The van der Waals surface area contributed by atoms with Gasteiger partial charge in [0.2, 0.25) is 0 Å². The fourth-order valence-corrected chi connectivity index (χ4v) is 3.78. The normalized spacial score (nSPS) is 21.4. The van der Waals surface area contributed by atoms with Gasteiger partial charge in [-0.25, -0.2) is 4.98 Å². The van der Waals surface area contributed by atoms with Gasteiger partial charge in [-0.1, -0.05) is 13.3 Å². The first-order valence-corrected chi connectivity index (χ1v) is 8.60. The number of rotatable bonds is 5. The van der Waals surface area contributed by atoms with Crippen LogP contribution in [0.15, 0.2) is 18.2 Å². The molecule has 1 aliphatic heterocycles. The van der Waals surface area contributed by atoms with E-state index in [9.17, 15) is 9.90 Å². The summed E-state index contributed by atoms with van der Waals surface area (Å²) in [5.74, 6) is 0.487. The number of aliphatic hydroxyl groups excluding tert-OH is 2. The number of nitrogens with zero attached hydrogens (tertiary/aromatic N) is 2. The number of aliphatic hydroxyl groups is 2. The minimum Gasteiger partial charge on any atom is -0.396 e. The summed E-state index contributed by atoms with van der Waals surface area (Å²) < 4.78 is 0. The second kappa shape index (κ2) is 6.91. The lowest BCUT2D eigenvalue weighted by atomic mass is 9.77. The summed E-state index contributed by atoms with van der Waals surface area (Å²) in [7, 11) is 0. The molecule has 1 unspecified atom stereocenters. The summed E-state index contributed by atoms with van der Waals surface area (Å²) in [5.41, 5.74) is 1.94. The highest BCUT2D eigenvalue weighted by molar-refractivity contribution is 5.97. The molecular formula is C18H25N3O3. The van der Waals surface area contributed by atoms with Gasteiger partial charge < -0.3 is 20.1 Å². The van der Waals surface area contributed by atoms with Crippen molar-refractivity contribution in [3.63, 3.8) is 0 Å². The molecule has 0 saturated carbocycles. The van der Waals surface area contributed by atoms with Crippen molar-refractivity contribution in [1.82, 2.24) is 14.9 Å². The van der Waals surface area contributed by atoms with Crippen molar-refractivity contribution in [2.75, 3.05) is 19.7 Å². The second-order valence-electron chi connectivity index (χ2n) is 6.81. The standard InChI is InChI=1S/C18H25N3O3/c1-2-6-18(12-23)7-3-8-21(11-18)17(24)13-4-5-14-15(9-13)20-16(10-22)19-14/h4-5,9,22-23H,2-3,6-8,10-12H2,1H3,(H,19,20). The van der Waals surface area contributed by atoms with Gasteiger partial charge in [-0.3, -0.25) is 4.79 Å². The third-order valence-electron chi connectivity index (χ3n) is 4.99. The fourth-order valence-electron chi connectivity index (χ4n) is 3.78. The molecule has 24 heavy (non-hydrogen) atoms. The SMILES string of the molecule is CCCC1(CO)CCCN(C(=O)c2ccc3nc(CO)[nH]c3c2)C1. The summed E-state index contributed by atoms with van der Waals surface area (Å²) in [6.45, 7) is 3.43. The van der Waals surface area contributed by atoms with E-state index in [4.69, 9.17) is 5.11 Å².